The van der Waals surface area contributed by atoms with E-state index in [1.807, 2.05) is 26.0 Å². The molecule has 144 valence electrons. The van der Waals surface area contributed by atoms with Gasteiger partial charge in [-0.2, -0.15) is 0 Å². The zero-order valence-electron chi connectivity index (χ0n) is 17.3. The lowest BCUT2D eigenvalue weighted by Crippen LogP contribution is -2.05. The molecular weight excluding hydrogens is 332 g/mol. The summed E-state index contributed by atoms with van der Waals surface area (Å²) in [6.45, 7) is 18.2. The summed E-state index contributed by atoms with van der Waals surface area (Å²) in [6.07, 6.45) is 2.52. The zero-order valence-corrected chi connectivity index (χ0v) is 17.3. The van der Waals surface area contributed by atoms with Crippen LogP contribution in [0.1, 0.15) is 80.3 Å². The van der Waals surface area contributed by atoms with E-state index in [0.717, 1.165) is 63.8 Å². The largest absolute Gasteiger partial charge is 0.507 e. The molecule has 0 aliphatic carbocycles. The van der Waals surface area contributed by atoms with E-state index in [0.29, 0.717) is 0 Å². The van der Waals surface area contributed by atoms with Gasteiger partial charge in [0.2, 0.25) is 0 Å². The Labute approximate surface area is 163 Å². The number of aryl methyl sites for hydroxylation is 2. The van der Waals surface area contributed by atoms with Crippen LogP contribution in [-0.4, -0.2) is 10.2 Å². The van der Waals surface area contributed by atoms with Gasteiger partial charge in [0.05, 0.1) is 0 Å². The first-order valence-electron chi connectivity index (χ1n) is 9.78. The molecule has 2 rings (SSSR count). The number of hydrogen-bond donors (Lipinski definition) is 2. The van der Waals surface area contributed by atoms with Gasteiger partial charge in [0.25, 0.3) is 0 Å². The van der Waals surface area contributed by atoms with Crippen LogP contribution >= 0.6 is 0 Å². The molecule has 2 N–H and O–H groups in total. The highest BCUT2D eigenvalue weighted by molar-refractivity contribution is 5.72. The number of hydrogen-bond acceptors (Lipinski definition) is 2. The molecule has 0 aliphatic heterocycles. The van der Waals surface area contributed by atoms with E-state index in [2.05, 4.69) is 46.1 Å². The SMILES string of the molecule is C=C(C)c1cc(CC)cc(C(CC)c2cc(CC)cc(C(=C)C)c2O)c1O. The van der Waals surface area contributed by atoms with E-state index in [4.69, 9.17) is 0 Å². The lowest BCUT2D eigenvalue weighted by molar-refractivity contribution is 0.450. The van der Waals surface area contributed by atoms with Crippen molar-refractivity contribution in [3.05, 3.63) is 70.8 Å². The molecule has 0 aromatic heterocycles. The van der Waals surface area contributed by atoms with E-state index in [9.17, 15) is 10.2 Å². The molecule has 2 aromatic rings. The van der Waals surface area contributed by atoms with Gasteiger partial charge in [-0.25, -0.2) is 0 Å². The molecule has 0 saturated carbocycles. The minimum absolute atomic E-state index is 0.0980. The average molecular weight is 365 g/mol. The van der Waals surface area contributed by atoms with Crippen LogP contribution in [0.5, 0.6) is 11.5 Å². The summed E-state index contributed by atoms with van der Waals surface area (Å²) >= 11 is 0. The molecule has 0 amide bonds. The van der Waals surface area contributed by atoms with Crippen LogP contribution in [0.2, 0.25) is 0 Å². The first kappa shape index (κ1) is 20.8. The second kappa shape index (κ2) is 8.47. The number of benzene rings is 2. The predicted molar refractivity (Wildman–Crippen MR) is 117 cm³/mol. The quantitative estimate of drug-likeness (QED) is 0.565. The molecule has 2 aromatic carbocycles. The van der Waals surface area contributed by atoms with Crippen molar-refractivity contribution < 1.29 is 10.2 Å². The van der Waals surface area contributed by atoms with Crippen molar-refractivity contribution >= 4 is 11.1 Å². The molecule has 0 unspecified atom stereocenters. The third-order valence-electron chi connectivity index (χ3n) is 5.29. The maximum atomic E-state index is 11.0. The first-order valence-corrected chi connectivity index (χ1v) is 9.78. The van der Waals surface area contributed by atoms with Crippen molar-refractivity contribution in [3.8, 4) is 11.5 Å². The Hall–Kier alpha value is -2.48. The summed E-state index contributed by atoms with van der Waals surface area (Å²) in [5.41, 5.74) is 7.28. The lowest BCUT2D eigenvalue weighted by atomic mass is 9.82. The lowest BCUT2D eigenvalue weighted by Gasteiger charge is -2.23. The van der Waals surface area contributed by atoms with Gasteiger partial charge in [0.1, 0.15) is 11.5 Å². The Morgan fingerprint density at radius 2 is 1.15 bits per heavy atom. The molecule has 0 saturated heterocycles. The Kier molecular flexibility index (Phi) is 6.54. The minimum Gasteiger partial charge on any atom is -0.507 e. The van der Waals surface area contributed by atoms with E-state index < -0.39 is 0 Å². The fraction of sp³-hybridized carbons (Fsp3) is 0.360. The Morgan fingerprint density at radius 3 is 1.41 bits per heavy atom. The molecule has 27 heavy (non-hydrogen) atoms. The van der Waals surface area contributed by atoms with Crippen LogP contribution < -0.4 is 0 Å². The molecule has 0 spiro atoms. The smallest absolute Gasteiger partial charge is 0.126 e. The molecule has 0 bridgehead atoms. The molecule has 0 atom stereocenters. The Bertz CT molecular complexity index is 803. The van der Waals surface area contributed by atoms with Crippen LogP contribution in [0, 0.1) is 0 Å². The fourth-order valence-corrected chi connectivity index (χ4v) is 3.64. The van der Waals surface area contributed by atoms with E-state index in [1.165, 1.54) is 0 Å². The first-order chi connectivity index (χ1) is 12.7. The normalized spacial score (nSPS) is 11.0. The number of aromatic hydroxyl groups is 2. The standard InChI is InChI=1S/C25H32O2/c1-8-17-11-20(15(4)5)24(26)22(13-17)19(10-3)23-14-18(9-2)12-21(16(6)7)25(23)27/h11-14,19,26-27H,4,6,8-10H2,1-3,5,7H3. The number of phenols is 2. The van der Waals surface area contributed by atoms with E-state index >= 15 is 0 Å². The highest BCUT2D eigenvalue weighted by atomic mass is 16.3. The average Bonchev–Trinajstić information content (AvgIpc) is 2.64. The summed E-state index contributed by atoms with van der Waals surface area (Å²) in [5.74, 6) is 0.439. The van der Waals surface area contributed by atoms with E-state index in [-0.39, 0.29) is 17.4 Å². The summed E-state index contributed by atoms with van der Waals surface area (Å²) < 4.78 is 0. The van der Waals surface area contributed by atoms with Crippen LogP contribution in [0.15, 0.2) is 37.4 Å². The van der Waals surface area contributed by atoms with Gasteiger partial charge in [-0.3, -0.25) is 0 Å². The Morgan fingerprint density at radius 1 is 0.778 bits per heavy atom. The minimum atomic E-state index is -0.0980. The molecule has 0 fully saturated rings. The van der Waals surface area contributed by atoms with Crippen molar-refractivity contribution in [3.63, 3.8) is 0 Å². The summed E-state index contributed by atoms with van der Waals surface area (Å²) in [4.78, 5) is 0. The van der Waals surface area contributed by atoms with Crippen molar-refractivity contribution in [2.75, 3.05) is 0 Å². The second-order valence-electron chi connectivity index (χ2n) is 7.39. The topological polar surface area (TPSA) is 40.5 Å². The highest BCUT2D eigenvalue weighted by Gasteiger charge is 2.24. The summed E-state index contributed by atoms with van der Waals surface area (Å²) in [5, 5.41) is 22.0. The van der Waals surface area contributed by atoms with Gasteiger partial charge in [-0.15, -0.1) is 0 Å². The molecule has 2 nitrogen and oxygen atoms in total. The third kappa shape index (κ3) is 4.10. The van der Waals surface area contributed by atoms with Crippen molar-refractivity contribution in [1.29, 1.82) is 0 Å². The van der Waals surface area contributed by atoms with Crippen LogP contribution in [-0.2, 0) is 12.8 Å². The summed E-state index contributed by atoms with van der Waals surface area (Å²) in [7, 11) is 0. The fourth-order valence-electron chi connectivity index (χ4n) is 3.64. The van der Waals surface area contributed by atoms with Crippen LogP contribution in [0.4, 0.5) is 0 Å². The highest BCUT2D eigenvalue weighted by Crippen LogP contribution is 2.43. The molecule has 0 heterocycles. The second-order valence-corrected chi connectivity index (χ2v) is 7.39. The van der Waals surface area contributed by atoms with Gasteiger partial charge >= 0.3 is 0 Å². The van der Waals surface area contributed by atoms with Crippen LogP contribution in [0.25, 0.3) is 11.1 Å². The predicted octanol–water partition coefficient (Wildman–Crippen LogP) is 6.83. The van der Waals surface area contributed by atoms with E-state index in [1.54, 1.807) is 0 Å². The maximum absolute atomic E-state index is 11.0. The molecule has 0 aliphatic rings. The van der Waals surface area contributed by atoms with Crippen molar-refractivity contribution in [2.45, 2.75) is 59.8 Å². The number of allylic oxidation sites excluding steroid dienone is 2. The third-order valence-corrected chi connectivity index (χ3v) is 5.29. The van der Waals surface area contributed by atoms with Crippen molar-refractivity contribution in [1.82, 2.24) is 0 Å². The van der Waals surface area contributed by atoms with Gasteiger partial charge in [-0.05, 0) is 67.5 Å². The zero-order chi connectivity index (χ0) is 20.3. The van der Waals surface area contributed by atoms with Gasteiger partial charge in [0.15, 0.2) is 0 Å². The van der Waals surface area contributed by atoms with Gasteiger partial charge in [0, 0.05) is 28.2 Å². The maximum Gasteiger partial charge on any atom is 0.126 e. The van der Waals surface area contributed by atoms with Gasteiger partial charge in [-0.1, -0.05) is 46.1 Å². The Balaban J connectivity index is 2.78. The molecular formula is C25H32O2. The van der Waals surface area contributed by atoms with Crippen LogP contribution in [0.3, 0.4) is 0 Å². The summed E-state index contributed by atoms with van der Waals surface area (Å²) in [6, 6.07) is 8.15. The number of rotatable bonds is 7. The van der Waals surface area contributed by atoms with Crippen molar-refractivity contribution in [2.24, 2.45) is 0 Å². The number of phenolic OH excluding ortho intramolecular Hbond substituents is 2. The molecule has 2 heteroatoms. The monoisotopic (exact) mass is 364 g/mol. The van der Waals surface area contributed by atoms with Gasteiger partial charge < -0.3 is 10.2 Å². The molecule has 0 radical (unpaired) electrons.